The van der Waals surface area contributed by atoms with Gasteiger partial charge < -0.3 is 5.73 Å². The van der Waals surface area contributed by atoms with E-state index in [9.17, 15) is 0 Å². The van der Waals surface area contributed by atoms with E-state index < -0.39 is 0 Å². The Morgan fingerprint density at radius 2 is 1.86 bits per heavy atom. The molecule has 1 rings (SSSR count). The maximum atomic E-state index is 5.96. The molecule has 14 heavy (non-hydrogen) atoms. The molecule has 0 amide bonds. The molecule has 0 spiro atoms. The van der Waals surface area contributed by atoms with Crippen molar-refractivity contribution < 1.29 is 0 Å². The van der Waals surface area contributed by atoms with Crippen LogP contribution in [0.15, 0.2) is 30.4 Å². The van der Waals surface area contributed by atoms with Gasteiger partial charge in [-0.3, -0.25) is 0 Å². The van der Waals surface area contributed by atoms with Crippen molar-refractivity contribution in [3.8, 4) is 0 Å². The number of nitrogens with two attached hydrogens (primary N) is 1. The summed E-state index contributed by atoms with van der Waals surface area (Å²) >= 11 is 11.7. The summed E-state index contributed by atoms with van der Waals surface area (Å²) in [5.41, 5.74) is 7.95. The number of benzene rings is 1. The Hall–Kier alpha value is -0.500. The minimum absolute atomic E-state index is 0.0799. The van der Waals surface area contributed by atoms with E-state index in [1.807, 2.05) is 19.1 Å². The van der Waals surface area contributed by atoms with Crippen molar-refractivity contribution >= 4 is 23.2 Å². The van der Waals surface area contributed by atoms with Crippen molar-refractivity contribution in [1.29, 1.82) is 0 Å². The Morgan fingerprint density at radius 1 is 1.36 bits per heavy atom. The first-order valence-corrected chi connectivity index (χ1v) is 5.10. The van der Waals surface area contributed by atoms with Crippen LogP contribution in [0.2, 0.25) is 10.0 Å². The molecule has 1 aromatic carbocycles. The SMILES string of the molecule is C=C(C)C[C@H](N)c1cc(Cl)cc(Cl)c1. The van der Waals surface area contributed by atoms with Crippen LogP contribution in [0.1, 0.15) is 24.9 Å². The lowest BCUT2D eigenvalue weighted by Crippen LogP contribution is -2.10. The molecule has 2 N–H and O–H groups in total. The van der Waals surface area contributed by atoms with Crippen LogP contribution in [-0.2, 0) is 0 Å². The van der Waals surface area contributed by atoms with Gasteiger partial charge in [0.15, 0.2) is 0 Å². The van der Waals surface area contributed by atoms with Crippen molar-refractivity contribution in [3.05, 3.63) is 46.0 Å². The Morgan fingerprint density at radius 3 is 2.29 bits per heavy atom. The number of halogens is 2. The Labute approximate surface area is 94.5 Å². The summed E-state index contributed by atoms with van der Waals surface area (Å²) in [5.74, 6) is 0. The second-order valence-electron chi connectivity index (χ2n) is 3.47. The summed E-state index contributed by atoms with van der Waals surface area (Å²) in [5, 5.41) is 1.23. The van der Waals surface area contributed by atoms with Crippen LogP contribution >= 0.6 is 23.2 Å². The molecule has 0 fully saturated rings. The molecule has 3 heteroatoms. The van der Waals surface area contributed by atoms with Crippen molar-refractivity contribution in [1.82, 2.24) is 0 Å². The van der Waals surface area contributed by atoms with Crippen molar-refractivity contribution in [2.24, 2.45) is 5.73 Å². The molecular formula is C11H13Cl2N. The van der Waals surface area contributed by atoms with Crippen LogP contribution in [0.5, 0.6) is 0 Å². The fourth-order valence-electron chi connectivity index (χ4n) is 1.28. The largest absolute Gasteiger partial charge is 0.324 e. The van der Waals surface area contributed by atoms with Gasteiger partial charge in [0.25, 0.3) is 0 Å². The molecular weight excluding hydrogens is 217 g/mol. The summed E-state index contributed by atoms with van der Waals surface area (Å²) < 4.78 is 0. The lowest BCUT2D eigenvalue weighted by atomic mass is 10.0. The molecule has 0 radical (unpaired) electrons. The standard InChI is InChI=1S/C11H13Cl2N/c1-7(2)3-11(14)8-4-9(12)6-10(13)5-8/h4-6,11H,1,3,14H2,2H3/t11-/m0/s1. The smallest absolute Gasteiger partial charge is 0.0424 e. The van der Waals surface area contributed by atoms with Crippen LogP contribution in [0.3, 0.4) is 0 Å². The third-order valence-corrected chi connectivity index (χ3v) is 2.32. The summed E-state index contributed by atoms with van der Waals surface area (Å²) in [7, 11) is 0. The lowest BCUT2D eigenvalue weighted by Gasteiger charge is -2.12. The van der Waals surface area contributed by atoms with E-state index in [-0.39, 0.29) is 6.04 Å². The maximum absolute atomic E-state index is 5.96. The van der Waals surface area contributed by atoms with E-state index in [0.717, 1.165) is 17.6 Å². The molecule has 0 bridgehead atoms. The van der Waals surface area contributed by atoms with E-state index in [2.05, 4.69) is 6.58 Å². The predicted octanol–water partition coefficient (Wildman–Crippen LogP) is 3.96. The van der Waals surface area contributed by atoms with Crippen molar-refractivity contribution in [3.63, 3.8) is 0 Å². The normalized spacial score (nSPS) is 12.6. The molecule has 0 saturated heterocycles. The van der Waals surface area contributed by atoms with Gasteiger partial charge in [-0.15, -0.1) is 6.58 Å². The molecule has 0 aliphatic rings. The van der Waals surface area contributed by atoms with E-state index in [0.29, 0.717) is 10.0 Å². The predicted molar refractivity (Wildman–Crippen MR) is 62.8 cm³/mol. The van der Waals surface area contributed by atoms with Crippen LogP contribution < -0.4 is 5.73 Å². The summed E-state index contributed by atoms with van der Waals surface area (Å²) in [6.07, 6.45) is 0.747. The fourth-order valence-corrected chi connectivity index (χ4v) is 1.83. The van der Waals surface area contributed by atoms with Gasteiger partial charge in [-0.2, -0.15) is 0 Å². The minimum atomic E-state index is -0.0799. The topological polar surface area (TPSA) is 26.0 Å². The van der Waals surface area contributed by atoms with Gasteiger partial charge in [0.1, 0.15) is 0 Å². The van der Waals surface area contributed by atoms with Crippen molar-refractivity contribution in [2.75, 3.05) is 0 Å². The van der Waals surface area contributed by atoms with Crippen LogP contribution in [-0.4, -0.2) is 0 Å². The van der Waals surface area contributed by atoms with Crippen LogP contribution in [0.4, 0.5) is 0 Å². The lowest BCUT2D eigenvalue weighted by molar-refractivity contribution is 0.717. The first-order valence-electron chi connectivity index (χ1n) is 4.35. The molecule has 1 atom stereocenters. The quantitative estimate of drug-likeness (QED) is 0.781. The zero-order valence-electron chi connectivity index (χ0n) is 8.06. The van der Waals surface area contributed by atoms with Gasteiger partial charge in [0.2, 0.25) is 0 Å². The molecule has 0 aromatic heterocycles. The van der Waals surface area contributed by atoms with Gasteiger partial charge >= 0.3 is 0 Å². The number of hydrogen-bond acceptors (Lipinski definition) is 1. The second-order valence-corrected chi connectivity index (χ2v) is 4.34. The number of rotatable bonds is 3. The highest BCUT2D eigenvalue weighted by molar-refractivity contribution is 6.34. The first kappa shape index (κ1) is 11.6. The second kappa shape index (κ2) is 4.83. The minimum Gasteiger partial charge on any atom is -0.324 e. The highest BCUT2D eigenvalue weighted by Gasteiger charge is 2.07. The van der Waals surface area contributed by atoms with E-state index in [4.69, 9.17) is 28.9 Å². The van der Waals surface area contributed by atoms with Gasteiger partial charge in [-0.1, -0.05) is 28.8 Å². The Bertz CT molecular complexity index is 327. The first-order chi connectivity index (χ1) is 6.49. The molecule has 1 nitrogen and oxygen atoms in total. The monoisotopic (exact) mass is 229 g/mol. The van der Waals surface area contributed by atoms with E-state index in [1.165, 1.54) is 0 Å². The fraction of sp³-hybridized carbons (Fsp3) is 0.273. The molecule has 0 aliphatic heterocycles. The van der Waals surface area contributed by atoms with Crippen molar-refractivity contribution in [2.45, 2.75) is 19.4 Å². The van der Waals surface area contributed by atoms with Gasteiger partial charge in [-0.05, 0) is 37.1 Å². The molecule has 76 valence electrons. The van der Waals surface area contributed by atoms with Gasteiger partial charge in [0, 0.05) is 16.1 Å². The maximum Gasteiger partial charge on any atom is 0.0424 e. The third kappa shape index (κ3) is 3.33. The number of hydrogen-bond donors (Lipinski definition) is 1. The summed E-state index contributed by atoms with van der Waals surface area (Å²) in [6, 6.07) is 5.28. The summed E-state index contributed by atoms with van der Waals surface area (Å²) in [4.78, 5) is 0. The highest BCUT2D eigenvalue weighted by atomic mass is 35.5. The van der Waals surface area contributed by atoms with E-state index >= 15 is 0 Å². The third-order valence-electron chi connectivity index (χ3n) is 1.88. The molecule has 0 heterocycles. The molecule has 0 unspecified atom stereocenters. The molecule has 1 aromatic rings. The van der Waals surface area contributed by atoms with Gasteiger partial charge in [0.05, 0.1) is 0 Å². The summed E-state index contributed by atoms with van der Waals surface area (Å²) in [6.45, 7) is 5.77. The average Bonchev–Trinajstić information content (AvgIpc) is 2.00. The molecule has 0 saturated carbocycles. The Balaban J connectivity index is 2.89. The molecule has 0 aliphatic carbocycles. The highest BCUT2D eigenvalue weighted by Crippen LogP contribution is 2.25. The zero-order valence-corrected chi connectivity index (χ0v) is 9.57. The Kier molecular flexibility index (Phi) is 3.99. The van der Waals surface area contributed by atoms with Crippen LogP contribution in [0, 0.1) is 0 Å². The zero-order chi connectivity index (χ0) is 10.7. The van der Waals surface area contributed by atoms with Gasteiger partial charge in [-0.25, -0.2) is 0 Å². The van der Waals surface area contributed by atoms with E-state index in [1.54, 1.807) is 6.07 Å². The van der Waals surface area contributed by atoms with Crippen LogP contribution in [0.25, 0.3) is 0 Å². The average molecular weight is 230 g/mol.